The molecule has 0 atom stereocenters. The lowest BCUT2D eigenvalue weighted by molar-refractivity contribution is 0.170. The third-order valence-electron chi connectivity index (χ3n) is 4.48. The van der Waals surface area contributed by atoms with Crippen LogP contribution in [-0.4, -0.2) is 74.1 Å². The highest BCUT2D eigenvalue weighted by molar-refractivity contribution is 5.70. The van der Waals surface area contributed by atoms with Gasteiger partial charge in [0.2, 0.25) is 0 Å². The third-order valence-corrected chi connectivity index (χ3v) is 4.48. The summed E-state index contributed by atoms with van der Waals surface area (Å²) in [5.41, 5.74) is 0.802. The monoisotopic (exact) mass is 378 g/mol. The Bertz CT molecular complexity index is 535. The zero-order valence-electron chi connectivity index (χ0n) is 17.9. The summed E-state index contributed by atoms with van der Waals surface area (Å²) >= 11 is 0. The van der Waals surface area contributed by atoms with E-state index in [1.54, 1.807) is 32.4 Å². The second-order valence-corrected chi connectivity index (χ2v) is 7.73. The maximum Gasteiger partial charge on any atom is 0.414 e. The number of unbranched alkanes of at least 4 members (excludes halogenated alkanes) is 6. The van der Waals surface area contributed by atoms with Gasteiger partial charge in [0.15, 0.2) is 5.75 Å². The highest BCUT2D eigenvalue weighted by Gasteiger charge is 2.13. The van der Waals surface area contributed by atoms with Gasteiger partial charge in [0.05, 0.1) is 5.69 Å². The van der Waals surface area contributed by atoms with E-state index >= 15 is 0 Å². The fourth-order valence-electron chi connectivity index (χ4n) is 2.85. The molecule has 0 spiro atoms. The van der Waals surface area contributed by atoms with Crippen molar-refractivity contribution in [3.63, 3.8) is 0 Å². The van der Waals surface area contributed by atoms with Gasteiger partial charge >= 0.3 is 6.09 Å². The van der Waals surface area contributed by atoms with Gasteiger partial charge in [0.25, 0.3) is 0 Å². The quantitative estimate of drug-likeness (QED) is 0.488. The molecule has 0 fully saturated rings. The van der Waals surface area contributed by atoms with E-state index in [-0.39, 0.29) is 6.09 Å². The van der Waals surface area contributed by atoms with Crippen molar-refractivity contribution in [1.29, 1.82) is 0 Å². The van der Waals surface area contributed by atoms with Crippen LogP contribution in [0.1, 0.15) is 50.6 Å². The van der Waals surface area contributed by atoms with Gasteiger partial charge in [-0.05, 0) is 59.2 Å². The highest BCUT2D eigenvalue weighted by Crippen LogP contribution is 2.18. The fraction of sp³-hybridized carbons (Fsp3) is 0.714. The molecule has 1 aromatic rings. The number of amides is 1. The molecule has 0 aliphatic rings. The summed E-state index contributed by atoms with van der Waals surface area (Å²) in [7, 11) is 9.71. The van der Waals surface area contributed by atoms with E-state index in [1.165, 1.54) is 56.4 Å². The van der Waals surface area contributed by atoms with Crippen LogP contribution in [0.25, 0.3) is 0 Å². The molecule has 0 radical (unpaired) electrons. The molecule has 6 nitrogen and oxygen atoms in total. The molecule has 0 saturated carbocycles. The van der Waals surface area contributed by atoms with E-state index in [0.29, 0.717) is 12.3 Å². The van der Waals surface area contributed by atoms with Crippen LogP contribution < -0.4 is 4.74 Å². The summed E-state index contributed by atoms with van der Waals surface area (Å²) in [6, 6.07) is 3.59. The van der Waals surface area contributed by atoms with Crippen LogP contribution >= 0.6 is 0 Å². The summed E-state index contributed by atoms with van der Waals surface area (Å²) in [4.78, 5) is 22.1. The van der Waals surface area contributed by atoms with Crippen LogP contribution in [0.15, 0.2) is 18.3 Å². The van der Waals surface area contributed by atoms with Crippen LogP contribution in [0, 0.1) is 0 Å². The molecule has 0 bridgehead atoms. The average Bonchev–Trinajstić information content (AvgIpc) is 2.61. The molecule has 27 heavy (non-hydrogen) atoms. The molecule has 1 aromatic heterocycles. The molecule has 0 saturated heterocycles. The number of rotatable bonds is 13. The van der Waals surface area contributed by atoms with Gasteiger partial charge in [-0.1, -0.05) is 32.1 Å². The zero-order chi connectivity index (χ0) is 20.1. The normalized spacial score (nSPS) is 11.2. The second-order valence-electron chi connectivity index (χ2n) is 7.73. The number of carbonyl (C=O) groups excluding carboxylic acids is 1. The Balaban J connectivity index is 2.21. The molecule has 154 valence electrons. The van der Waals surface area contributed by atoms with Crippen LogP contribution in [0.3, 0.4) is 0 Å². The van der Waals surface area contributed by atoms with Crippen molar-refractivity contribution < 1.29 is 9.53 Å². The maximum absolute atomic E-state index is 11.8. The van der Waals surface area contributed by atoms with Gasteiger partial charge in [0.1, 0.15) is 0 Å². The summed E-state index contributed by atoms with van der Waals surface area (Å²) in [6.07, 6.45) is 10.5. The largest absolute Gasteiger partial charge is 0.414 e. The number of hydrogen-bond donors (Lipinski definition) is 0. The molecule has 1 heterocycles. The first-order valence-electron chi connectivity index (χ1n) is 10.1. The predicted octanol–water partition coefficient (Wildman–Crippen LogP) is 3.87. The summed E-state index contributed by atoms with van der Waals surface area (Å²) in [5.74, 6) is 0.542. The first kappa shape index (κ1) is 23.4. The van der Waals surface area contributed by atoms with Gasteiger partial charge in [0, 0.05) is 26.8 Å². The Morgan fingerprint density at radius 2 is 1.52 bits per heavy atom. The van der Waals surface area contributed by atoms with Crippen LogP contribution in [0.2, 0.25) is 0 Å². The average molecular weight is 379 g/mol. The predicted molar refractivity (Wildman–Crippen MR) is 111 cm³/mol. The van der Waals surface area contributed by atoms with Crippen molar-refractivity contribution in [2.75, 3.05) is 48.3 Å². The van der Waals surface area contributed by atoms with Crippen molar-refractivity contribution in [3.8, 4) is 5.75 Å². The number of hydrogen-bond acceptors (Lipinski definition) is 5. The molecule has 0 aromatic carbocycles. The lowest BCUT2D eigenvalue weighted by Gasteiger charge is -2.18. The lowest BCUT2D eigenvalue weighted by atomic mass is 10.1. The minimum atomic E-state index is -0.377. The second kappa shape index (κ2) is 13.5. The fourth-order valence-corrected chi connectivity index (χ4v) is 2.85. The number of nitrogens with zero attached hydrogens (tertiary/aromatic N) is 4. The molecule has 1 rings (SSSR count). The summed E-state index contributed by atoms with van der Waals surface area (Å²) in [6.45, 7) is 2.91. The van der Waals surface area contributed by atoms with Gasteiger partial charge in [-0.2, -0.15) is 0 Å². The SMILES string of the molecule is CN(C)CCCCCCCCCN(C)Cc1ncccc1OC(=O)N(C)C. The Morgan fingerprint density at radius 3 is 2.11 bits per heavy atom. The standard InChI is InChI=1S/C21H38N4O2/c1-23(2)16-11-9-7-6-8-10-12-17-25(5)18-19-20(14-13-15-22-19)27-21(26)24(3)4/h13-15H,6-12,16-18H2,1-5H3. The molecule has 0 N–H and O–H groups in total. The first-order valence-corrected chi connectivity index (χ1v) is 10.1. The third kappa shape index (κ3) is 10.9. The van der Waals surface area contributed by atoms with Gasteiger partial charge in [-0.3, -0.25) is 4.98 Å². The number of ether oxygens (including phenoxy) is 1. The lowest BCUT2D eigenvalue weighted by Crippen LogP contribution is -2.26. The summed E-state index contributed by atoms with van der Waals surface area (Å²) in [5, 5.41) is 0. The van der Waals surface area contributed by atoms with E-state index in [1.807, 2.05) is 0 Å². The smallest absolute Gasteiger partial charge is 0.408 e. The Labute approximate surface area is 165 Å². The van der Waals surface area contributed by atoms with Crippen molar-refractivity contribution >= 4 is 6.09 Å². The van der Waals surface area contributed by atoms with Crippen LogP contribution in [0.5, 0.6) is 5.75 Å². The van der Waals surface area contributed by atoms with Crippen LogP contribution in [0.4, 0.5) is 4.79 Å². The minimum Gasteiger partial charge on any atom is -0.408 e. The van der Waals surface area contributed by atoms with E-state index in [2.05, 4.69) is 35.9 Å². The Hall–Kier alpha value is -1.66. The van der Waals surface area contributed by atoms with Gasteiger partial charge in [-0.25, -0.2) is 4.79 Å². The molecule has 0 aliphatic carbocycles. The van der Waals surface area contributed by atoms with E-state index in [9.17, 15) is 4.79 Å². The first-order chi connectivity index (χ1) is 12.9. The molecular formula is C21H38N4O2. The van der Waals surface area contributed by atoms with Gasteiger partial charge < -0.3 is 19.4 Å². The number of carbonyl (C=O) groups is 1. The van der Waals surface area contributed by atoms with E-state index in [0.717, 1.165) is 12.2 Å². The van der Waals surface area contributed by atoms with E-state index in [4.69, 9.17) is 4.74 Å². The number of pyridine rings is 1. The summed E-state index contributed by atoms with van der Waals surface area (Å²) < 4.78 is 5.41. The Morgan fingerprint density at radius 1 is 0.926 bits per heavy atom. The van der Waals surface area contributed by atoms with Crippen molar-refractivity contribution in [3.05, 3.63) is 24.0 Å². The molecular weight excluding hydrogens is 340 g/mol. The molecule has 0 aliphatic heterocycles. The maximum atomic E-state index is 11.8. The van der Waals surface area contributed by atoms with Crippen molar-refractivity contribution in [1.82, 2.24) is 19.7 Å². The van der Waals surface area contributed by atoms with Crippen molar-refractivity contribution in [2.45, 2.75) is 51.5 Å². The molecule has 0 unspecified atom stereocenters. The Kier molecular flexibility index (Phi) is 11.7. The zero-order valence-corrected chi connectivity index (χ0v) is 17.9. The number of aromatic nitrogens is 1. The van der Waals surface area contributed by atoms with E-state index < -0.39 is 0 Å². The van der Waals surface area contributed by atoms with Gasteiger partial charge in [-0.15, -0.1) is 0 Å². The molecule has 6 heteroatoms. The highest BCUT2D eigenvalue weighted by atomic mass is 16.6. The van der Waals surface area contributed by atoms with Crippen LogP contribution in [-0.2, 0) is 6.54 Å². The van der Waals surface area contributed by atoms with Crippen molar-refractivity contribution in [2.24, 2.45) is 0 Å². The minimum absolute atomic E-state index is 0.377. The molecule has 1 amide bonds. The topological polar surface area (TPSA) is 48.9 Å².